The third kappa shape index (κ3) is 7.31. The Hall–Kier alpha value is -4.01. The van der Waals surface area contributed by atoms with Crippen molar-refractivity contribution in [1.82, 2.24) is 15.5 Å². The minimum atomic E-state index is -1.11. The first-order valence-electron chi connectivity index (χ1n) is 13.1. The number of hydrogen-bond acceptors (Lipinski definition) is 7. The first-order valence-corrected chi connectivity index (χ1v) is 13.1. The highest BCUT2D eigenvalue weighted by Crippen LogP contribution is 2.26. The molecule has 8 nitrogen and oxygen atoms in total. The van der Waals surface area contributed by atoms with Gasteiger partial charge >= 0.3 is 5.97 Å². The Balaban J connectivity index is 1.39. The highest BCUT2D eigenvalue weighted by Gasteiger charge is 2.23. The summed E-state index contributed by atoms with van der Waals surface area (Å²) in [6, 6.07) is 21.4. The highest BCUT2D eigenvalue weighted by atomic mass is 16.5. The molecule has 39 heavy (non-hydrogen) atoms. The van der Waals surface area contributed by atoms with Gasteiger partial charge in [0.2, 0.25) is 5.82 Å². The molecule has 0 saturated heterocycles. The van der Waals surface area contributed by atoms with Gasteiger partial charge in [0.15, 0.2) is 0 Å². The Morgan fingerprint density at radius 1 is 0.974 bits per heavy atom. The van der Waals surface area contributed by atoms with Crippen molar-refractivity contribution < 1.29 is 24.3 Å². The molecular formula is C31H35N3O5. The summed E-state index contributed by atoms with van der Waals surface area (Å²) in [5.41, 5.74) is 4.06. The molecule has 0 aliphatic heterocycles. The van der Waals surface area contributed by atoms with Gasteiger partial charge in [-0.05, 0) is 59.2 Å². The number of benzene rings is 3. The summed E-state index contributed by atoms with van der Waals surface area (Å²) in [7, 11) is 0. The number of nitrogens with one attached hydrogen (secondary N) is 1. The van der Waals surface area contributed by atoms with Crippen molar-refractivity contribution >= 4 is 5.97 Å². The molecule has 0 amide bonds. The minimum absolute atomic E-state index is 0.00925. The second kappa shape index (κ2) is 12.2. The van der Waals surface area contributed by atoms with Crippen LogP contribution in [0.5, 0.6) is 5.75 Å². The van der Waals surface area contributed by atoms with Crippen LogP contribution < -0.4 is 10.1 Å². The number of aliphatic carboxylic acids is 1. The van der Waals surface area contributed by atoms with Crippen molar-refractivity contribution in [3.05, 3.63) is 89.5 Å². The number of aliphatic hydroxyl groups excluding tert-OH is 1. The van der Waals surface area contributed by atoms with Crippen LogP contribution >= 0.6 is 0 Å². The Labute approximate surface area is 228 Å². The molecule has 8 heteroatoms. The van der Waals surface area contributed by atoms with Crippen LogP contribution in [-0.4, -0.2) is 39.0 Å². The van der Waals surface area contributed by atoms with E-state index in [1.54, 1.807) is 0 Å². The van der Waals surface area contributed by atoms with Gasteiger partial charge in [-0.25, -0.2) is 0 Å². The average Bonchev–Trinajstić information content (AvgIpc) is 3.42. The van der Waals surface area contributed by atoms with Crippen LogP contribution in [0.3, 0.4) is 0 Å². The molecule has 3 N–H and O–H groups in total. The Kier molecular flexibility index (Phi) is 8.79. The Morgan fingerprint density at radius 3 is 2.21 bits per heavy atom. The number of carboxylic acids is 1. The van der Waals surface area contributed by atoms with Gasteiger partial charge in [-0.3, -0.25) is 10.1 Å². The maximum atomic E-state index is 11.9. The zero-order chi connectivity index (χ0) is 28.0. The average molecular weight is 530 g/mol. The lowest BCUT2D eigenvalue weighted by atomic mass is 9.86. The van der Waals surface area contributed by atoms with E-state index in [1.807, 2.05) is 72.8 Å². The van der Waals surface area contributed by atoms with Crippen LogP contribution in [-0.2, 0) is 16.6 Å². The van der Waals surface area contributed by atoms with Gasteiger partial charge in [-0.1, -0.05) is 81.4 Å². The molecule has 0 aliphatic rings. The van der Waals surface area contributed by atoms with Gasteiger partial charge in [0.25, 0.3) is 5.89 Å². The molecular weight excluding hydrogens is 494 g/mol. The molecule has 4 aromatic rings. The normalized spacial score (nSPS) is 13.2. The third-order valence-corrected chi connectivity index (χ3v) is 6.40. The number of aliphatic hydroxyl groups is 1. The van der Waals surface area contributed by atoms with Crippen molar-refractivity contribution in [2.45, 2.75) is 58.2 Å². The van der Waals surface area contributed by atoms with Crippen LogP contribution in [0, 0.1) is 0 Å². The number of hydrogen-bond donors (Lipinski definition) is 3. The minimum Gasteiger partial charge on any atom is -0.494 e. The van der Waals surface area contributed by atoms with Crippen molar-refractivity contribution in [2.75, 3.05) is 6.61 Å². The number of aromatic nitrogens is 2. The van der Waals surface area contributed by atoms with Gasteiger partial charge in [0.1, 0.15) is 18.0 Å². The van der Waals surface area contributed by atoms with E-state index in [4.69, 9.17) is 9.26 Å². The van der Waals surface area contributed by atoms with Gasteiger partial charge in [-0.2, -0.15) is 4.98 Å². The highest BCUT2D eigenvalue weighted by molar-refractivity contribution is 5.74. The lowest BCUT2D eigenvalue weighted by molar-refractivity contribution is -0.140. The molecule has 2 atom stereocenters. The second-order valence-electron chi connectivity index (χ2n) is 10.5. The summed E-state index contributed by atoms with van der Waals surface area (Å²) in [5.74, 6) is 0.579. The first-order chi connectivity index (χ1) is 18.6. The van der Waals surface area contributed by atoms with Crippen molar-refractivity contribution in [1.29, 1.82) is 0 Å². The maximum absolute atomic E-state index is 11.9. The van der Waals surface area contributed by atoms with Gasteiger partial charge in [-0.15, -0.1) is 0 Å². The monoisotopic (exact) mass is 529 g/mol. The van der Waals surface area contributed by atoms with E-state index in [1.165, 1.54) is 0 Å². The molecule has 0 radical (unpaired) electrons. The van der Waals surface area contributed by atoms with E-state index in [9.17, 15) is 15.0 Å². The molecule has 0 fully saturated rings. The molecule has 0 spiro atoms. The summed E-state index contributed by atoms with van der Waals surface area (Å²) in [4.78, 5) is 16.4. The van der Waals surface area contributed by atoms with E-state index >= 15 is 0 Å². The molecule has 3 aromatic carbocycles. The molecule has 1 aromatic heterocycles. The van der Waals surface area contributed by atoms with E-state index in [-0.39, 0.29) is 11.8 Å². The maximum Gasteiger partial charge on any atom is 0.321 e. The van der Waals surface area contributed by atoms with Gasteiger partial charge < -0.3 is 19.5 Å². The van der Waals surface area contributed by atoms with Crippen LogP contribution in [0.4, 0.5) is 0 Å². The number of ether oxygens (including phenoxy) is 1. The van der Waals surface area contributed by atoms with Crippen molar-refractivity contribution in [3.63, 3.8) is 0 Å². The summed E-state index contributed by atoms with van der Waals surface area (Å²) in [6.45, 7) is 9.06. The smallest absolute Gasteiger partial charge is 0.321 e. The van der Waals surface area contributed by atoms with E-state index < -0.39 is 18.2 Å². The molecule has 4 rings (SSSR count). The summed E-state index contributed by atoms with van der Waals surface area (Å²) >= 11 is 0. The quantitative estimate of drug-likeness (QED) is 0.210. The number of carboxylic acid groups (broad SMARTS) is 1. The lowest BCUT2D eigenvalue weighted by Gasteiger charge is -2.22. The Bertz CT molecular complexity index is 1360. The number of rotatable bonds is 11. The van der Waals surface area contributed by atoms with Crippen LogP contribution in [0.1, 0.15) is 57.0 Å². The molecule has 0 aliphatic carbocycles. The predicted molar refractivity (Wildman–Crippen MR) is 149 cm³/mol. The molecule has 0 saturated carbocycles. The fraction of sp³-hybridized carbons (Fsp3) is 0.323. The fourth-order valence-corrected chi connectivity index (χ4v) is 4.07. The van der Waals surface area contributed by atoms with Gasteiger partial charge in [0.05, 0.1) is 6.61 Å². The van der Waals surface area contributed by atoms with Crippen molar-refractivity contribution in [3.8, 4) is 28.6 Å². The molecule has 1 unspecified atom stereocenters. The molecule has 1 heterocycles. The standard InChI is InChI=1S/C31H35N3O5/c1-5-18-38-25-16-12-23(13-17-25)29-33-27(34-39-29)21-8-6-20(7-9-21)19-26(30(36)37)32-28(35)22-10-14-24(15-11-22)31(2,3)4/h6-17,26,28,32,35H,5,18-19H2,1-4H3,(H,36,37)/t26-,28?/m0/s1. The lowest BCUT2D eigenvalue weighted by Crippen LogP contribution is -2.40. The van der Waals surface area contributed by atoms with Gasteiger partial charge in [0, 0.05) is 11.1 Å². The second-order valence-corrected chi connectivity index (χ2v) is 10.5. The third-order valence-electron chi connectivity index (χ3n) is 6.40. The Morgan fingerprint density at radius 2 is 1.62 bits per heavy atom. The summed E-state index contributed by atoms with van der Waals surface area (Å²) in [5, 5.41) is 27.3. The van der Waals surface area contributed by atoms with Crippen molar-refractivity contribution in [2.24, 2.45) is 0 Å². The first kappa shape index (κ1) is 28.0. The van der Waals surface area contributed by atoms with E-state index in [0.717, 1.165) is 34.4 Å². The zero-order valence-electron chi connectivity index (χ0n) is 22.7. The van der Waals surface area contributed by atoms with Crippen LogP contribution in [0.15, 0.2) is 77.3 Å². The zero-order valence-corrected chi connectivity index (χ0v) is 22.7. The summed E-state index contributed by atoms with van der Waals surface area (Å²) in [6.07, 6.45) is 0.0238. The summed E-state index contributed by atoms with van der Waals surface area (Å²) < 4.78 is 11.1. The van der Waals surface area contributed by atoms with Crippen LogP contribution in [0.25, 0.3) is 22.8 Å². The largest absolute Gasteiger partial charge is 0.494 e. The predicted octanol–water partition coefficient (Wildman–Crippen LogP) is 5.77. The van der Waals surface area contributed by atoms with E-state index in [2.05, 4.69) is 43.2 Å². The number of nitrogens with zero attached hydrogens (tertiary/aromatic N) is 2. The topological polar surface area (TPSA) is 118 Å². The van der Waals surface area contributed by atoms with E-state index in [0.29, 0.717) is 23.9 Å². The fourth-order valence-electron chi connectivity index (χ4n) is 4.07. The molecule has 0 bridgehead atoms. The number of carbonyl (C=O) groups is 1. The SMILES string of the molecule is CCCOc1ccc(-c2nc(-c3ccc(C[C@H](NC(O)c4ccc(C(C)(C)C)cc4)C(=O)O)cc3)no2)cc1. The molecule has 204 valence electrons. The van der Waals surface area contributed by atoms with Crippen LogP contribution in [0.2, 0.25) is 0 Å².